The van der Waals surface area contributed by atoms with Crippen LogP contribution in [0.2, 0.25) is 0 Å². The van der Waals surface area contributed by atoms with Gasteiger partial charge in [0, 0.05) is 0 Å². The molecule has 2 saturated heterocycles. The number of rotatable bonds is 6. The minimum Gasteiger partial charge on any atom is -0.388 e. The van der Waals surface area contributed by atoms with E-state index in [9.17, 15) is 29.3 Å². The molecule has 0 aliphatic carbocycles. The zero-order valence-electron chi connectivity index (χ0n) is 12.7. The van der Waals surface area contributed by atoms with Crippen molar-refractivity contribution in [3.63, 3.8) is 0 Å². The second-order valence-electron chi connectivity index (χ2n) is 5.52. The van der Waals surface area contributed by atoms with Gasteiger partial charge in [0.15, 0.2) is 0 Å². The quantitative estimate of drug-likeness (QED) is 0.251. The summed E-state index contributed by atoms with van der Waals surface area (Å²) in [6, 6.07) is 0. The molecule has 0 bridgehead atoms. The average molecular weight is 410 g/mol. The number of hydrogen-bond acceptors (Lipinski definition) is 10. The lowest BCUT2D eigenvalue weighted by Gasteiger charge is -2.37. The number of phosphoric acid groups is 2. The maximum absolute atomic E-state index is 12.1. The van der Waals surface area contributed by atoms with Crippen molar-refractivity contribution >= 4 is 15.6 Å². The van der Waals surface area contributed by atoms with E-state index in [1.54, 1.807) is 0 Å². The van der Waals surface area contributed by atoms with E-state index >= 15 is 0 Å². The fourth-order valence-corrected chi connectivity index (χ4v) is 4.13. The molecule has 2 aliphatic rings. The molecule has 0 aromatic heterocycles. The van der Waals surface area contributed by atoms with Gasteiger partial charge in [-0.15, -0.1) is 0 Å². The van der Waals surface area contributed by atoms with E-state index < -0.39 is 58.9 Å². The highest BCUT2D eigenvalue weighted by Gasteiger charge is 2.45. The van der Waals surface area contributed by atoms with Gasteiger partial charge in [-0.3, -0.25) is 13.6 Å². The van der Waals surface area contributed by atoms with Crippen molar-refractivity contribution in [2.45, 2.75) is 36.6 Å². The standard InChI is InChI=1S/C10H20O13P2/c11-5-1-19-2-6(12)9(5)23-25(17,18)21-8-4-20-3-7(13)10(8)22-24(14,15)16/h5-13H,1-4H2,(H,17,18)(H2,14,15,16)/t5-,6-,7-,8-,10-/m0/s1. The monoisotopic (exact) mass is 410 g/mol. The van der Waals surface area contributed by atoms with E-state index in [2.05, 4.69) is 4.52 Å². The molecule has 2 rings (SSSR count). The Labute approximate surface area is 141 Å². The molecular formula is C10H20O13P2. The van der Waals surface area contributed by atoms with Crippen LogP contribution in [0.5, 0.6) is 0 Å². The highest BCUT2D eigenvalue weighted by molar-refractivity contribution is 7.47. The third-order valence-electron chi connectivity index (χ3n) is 3.43. The highest BCUT2D eigenvalue weighted by atomic mass is 31.2. The summed E-state index contributed by atoms with van der Waals surface area (Å²) in [7, 11) is -9.97. The van der Waals surface area contributed by atoms with Gasteiger partial charge in [-0.25, -0.2) is 9.13 Å². The minimum absolute atomic E-state index is 0.239. The number of ether oxygens (including phenoxy) is 2. The smallest absolute Gasteiger partial charge is 0.388 e. The molecule has 0 saturated carbocycles. The number of aliphatic hydroxyl groups is 3. The van der Waals surface area contributed by atoms with Crippen LogP contribution in [-0.4, -0.2) is 93.1 Å². The fourth-order valence-electron chi connectivity index (χ4n) is 2.38. The van der Waals surface area contributed by atoms with Crippen molar-refractivity contribution in [3.05, 3.63) is 0 Å². The molecule has 15 heteroatoms. The maximum Gasteiger partial charge on any atom is 0.473 e. The average Bonchev–Trinajstić information content (AvgIpc) is 2.45. The van der Waals surface area contributed by atoms with E-state index in [1.807, 2.05) is 0 Å². The second kappa shape index (κ2) is 8.36. The van der Waals surface area contributed by atoms with Crippen LogP contribution in [0, 0.1) is 0 Å². The third-order valence-corrected chi connectivity index (χ3v) is 5.00. The van der Waals surface area contributed by atoms with E-state index in [4.69, 9.17) is 28.3 Å². The summed E-state index contributed by atoms with van der Waals surface area (Å²) < 4.78 is 46.7. The fraction of sp³-hybridized carbons (Fsp3) is 1.00. The van der Waals surface area contributed by atoms with E-state index in [0.717, 1.165) is 0 Å². The molecule has 2 fully saturated rings. The molecule has 25 heavy (non-hydrogen) atoms. The van der Waals surface area contributed by atoms with Gasteiger partial charge < -0.3 is 39.5 Å². The zero-order valence-corrected chi connectivity index (χ0v) is 14.5. The minimum atomic E-state index is -5.03. The second-order valence-corrected chi connectivity index (χ2v) is 8.07. The first kappa shape index (κ1) is 21.3. The van der Waals surface area contributed by atoms with E-state index in [1.165, 1.54) is 0 Å². The Kier molecular flexibility index (Phi) is 7.13. The Morgan fingerprint density at radius 3 is 1.72 bits per heavy atom. The molecule has 148 valence electrons. The van der Waals surface area contributed by atoms with Crippen LogP contribution < -0.4 is 0 Å². The van der Waals surface area contributed by atoms with Crippen molar-refractivity contribution in [1.82, 2.24) is 0 Å². The van der Waals surface area contributed by atoms with E-state index in [0.29, 0.717) is 0 Å². The van der Waals surface area contributed by atoms with Crippen molar-refractivity contribution in [2.75, 3.05) is 26.4 Å². The van der Waals surface area contributed by atoms with Gasteiger partial charge >= 0.3 is 15.6 Å². The molecule has 2 heterocycles. The van der Waals surface area contributed by atoms with Crippen molar-refractivity contribution in [3.8, 4) is 0 Å². The van der Waals surface area contributed by atoms with Crippen LogP contribution in [0.25, 0.3) is 0 Å². The Balaban J connectivity index is 2.06. The van der Waals surface area contributed by atoms with Gasteiger partial charge in [-0.2, -0.15) is 0 Å². The van der Waals surface area contributed by atoms with Gasteiger partial charge in [-0.1, -0.05) is 0 Å². The summed E-state index contributed by atoms with van der Waals surface area (Å²) >= 11 is 0. The van der Waals surface area contributed by atoms with Gasteiger partial charge in [0.05, 0.1) is 26.4 Å². The lowest BCUT2D eigenvalue weighted by molar-refractivity contribution is -0.162. The van der Waals surface area contributed by atoms with Gasteiger partial charge in [0.1, 0.15) is 36.6 Å². The Bertz CT molecular complexity index is 527. The molecule has 0 aromatic carbocycles. The first-order valence-electron chi connectivity index (χ1n) is 7.12. The molecule has 0 spiro atoms. The largest absolute Gasteiger partial charge is 0.473 e. The SMILES string of the molecule is O=P(O)(O)O[C@@H]1[C@@H](OP(=O)(O)OC2[C@@H](O)COC[C@@H]2O)COC[C@@H]1O. The predicted molar refractivity (Wildman–Crippen MR) is 76.1 cm³/mol. The Morgan fingerprint density at radius 1 is 0.720 bits per heavy atom. The van der Waals surface area contributed by atoms with Crippen molar-refractivity contribution < 1.29 is 62.2 Å². The summed E-state index contributed by atoms with van der Waals surface area (Å²) in [5.41, 5.74) is 0. The molecule has 13 nitrogen and oxygen atoms in total. The maximum atomic E-state index is 12.1. The topological polar surface area (TPSA) is 202 Å². The molecule has 2 aliphatic heterocycles. The van der Waals surface area contributed by atoms with Crippen LogP contribution in [0.15, 0.2) is 0 Å². The van der Waals surface area contributed by atoms with Crippen LogP contribution in [0.4, 0.5) is 0 Å². The molecule has 0 aromatic rings. The molecule has 1 unspecified atom stereocenters. The molecule has 6 N–H and O–H groups in total. The van der Waals surface area contributed by atoms with Crippen LogP contribution >= 0.6 is 15.6 Å². The lowest BCUT2D eigenvalue weighted by Crippen LogP contribution is -2.51. The predicted octanol–water partition coefficient (Wildman–Crippen LogP) is -2.52. The first-order valence-corrected chi connectivity index (χ1v) is 10.1. The van der Waals surface area contributed by atoms with Crippen LogP contribution in [0.3, 0.4) is 0 Å². The van der Waals surface area contributed by atoms with Crippen molar-refractivity contribution in [2.24, 2.45) is 0 Å². The molecule has 0 amide bonds. The van der Waals surface area contributed by atoms with Gasteiger partial charge in [0.25, 0.3) is 0 Å². The van der Waals surface area contributed by atoms with Gasteiger partial charge in [-0.05, 0) is 0 Å². The zero-order chi connectivity index (χ0) is 18.8. The van der Waals surface area contributed by atoms with Crippen LogP contribution in [0.1, 0.15) is 0 Å². The Hall–Kier alpha value is 0.0200. The summed E-state index contributed by atoms with van der Waals surface area (Å²) in [4.78, 5) is 27.6. The molecular weight excluding hydrogens is 390 g/mol. The van der Waals surface area contributed by atoms with Crippen LogP contribution in [-0.2, 0) is 32.2 Å². The summed E-state index contributed by atoms with van der Waals surface area (Å²) in [6.07, 6.45) is -9.04. The summed E-state index contributed by atoms with van der Waals surface area (Å²) in [5.74, 6) is 0. The number of aliphatic hydroxyl groups excluding tert-OH is 3. The first-order chi connectivity index (χ1) is 11.5. The number of phosphoric ester groups is 2. The lowest BCUT2D eigenvalue weighted by atomic mass is 10.1. The van der Waals surface area contributed by atoms with Crippen molar-refractivity contribution in [1.29, 1.82) is 0 Å². The normalized spacial score (nSPS) is 37.6. The third kappa shape index (κ3) is 6.29. The summed E-state index contributed by atoms with van der Waals surface area (Å²) in [5, 5.41) is 29.1. The number of hydrogen-bond donors (Lipinski definition) is 6. The van der Waals surface area contributed by atoms with Gasteiger partial charge in [0.2, 0.25) is 0 Å². The summed E-state index contributed by atoms with van der Waals surface area (Å²) in [6.45, 7) is -1.24. The molecule has 0 radical (unpaired) electrons. The highest BCUT2D eigenvalue weighted by Crippen LogP contribution is 2.49. The molecule has 6 atom stereocenters. The Morgan fingerprint density at radius 2 is 1.20 bits per heavy atom. The van der Waals surface area contributed by atoms with E-state index in [-0.39, 0.29) is 19.8 Å².